The Kier molecular flexibility index (Phi) is 7.71. The van der Waals surface area contributed by atoms with E-state index in [0.29, 0.717) is 23.5 Å². The first-order valence-corrected chi connectivity index (χ1v) is 11.7. The van der Waals surface area contributed by atoms with Crippen molar-refractivity contribution in [1.82, 2.24) is 0 Å². The van der Waals surface area contributed by atoms with Gasteiger partial charge >= 0.3 is 0 Å². The molecule has 35 heavy (non-hydrogen) atoms. The van der Waals surface area contributed by atoms with Crippen molar-refractivity contribution in [2.24, 2.45) is 0 Å². The summed E-state index contributed by atoms with van der Waals surface area (Å²) in [5, 5.41) is 0. The number of hydrogen-bond donors (Lipinski definition) is 0. The van der Waals surface area contributed by atoms with Gasteiger partial charge in [-0.05, 0) is 42.2 Å². The van der Waals surface area contributed by atoms with Gasteiger partial charge in [0.1, 0.15) is 11.6 Å². The zero-order chi connectivity index (χ0) is 24.8. The van der Waals surface area contributed by atoms with E-state index in [9.17, 15) is 13.2 Å². The van der Waals surface area contributed by atoms with Gasteiger partial charge in [0.15, 0.2) is 11.6 Å². The molecule has 178 valence electrons. The molecular weight excluding hydrogens is 445 g/mol. The summed E-state index contributed by atoms with van der Waals surface area (Å²) in [5.41, 5.74) is 4.06. The number of benzene rings is 4. The molecule has 4 aromatic carbocycles. The molecule has 0 aliphatic carbocycles. The van der Waals surface area contributed by atoms with Crippen molar-refractivity contribution in [3.63, 3.8) is 0 Å². The molecular formula is C31H27F3O. The summed E-state index contributed by atoms with van der Waals surface area (Å²) in [6.45, 7) is 4.58. The zero-order valence-electron chi connectivity index (χ0n) is 19.8. The van der Waals surface area contributed by atoms with Gasteiger partial charge in [-0.3, -0.25) is 0 Å². The van der Waals surface area contributed by atoms with Crippen LogP contribution in [-0.2, 0) is 0 Å². The molecule has 0 aromatic heterocycles. The minimum absolute atomic E-state index is 0.159. The molecule has 4 aromatic rings. The van der Waals surface area contributed by atoms with Crippen LogP contribution >= 0.6 is 0 Å². The molecule has 0 aliphatic rings. The van der Waals surface area contributed by atoms with Crippen molar-refractivity contribution < 1.29 is 17.9 Å². The predicted molar refractivity (Wildman–Crippen MR) is 138 cm³/mol. The second kappa shape index (κ2) is 11.1. The highest BCUT2D eigenvalue weighted by atomic mass is 19.2. The molecule has 0 bridgehead atoms. The summed E-state index contributed by atoms with van der Waals surface area (Å²) in [6, 6.07) is 22.5. The highest BCUT2D eigenvalue weighted by Crippen LogP contribution is 2.29. The van der Waals surface area contributed by atoms with Crippen LogP contribution in [0.15, 0.2) is 78.9 Å². The van der Waals surface area contributed by atoms with E-state index < -0.39 is 11.6 Å². The maximum Gasteiger partial charge on any atom is 0.167 e. The van der Waals surface area contributed by atoms with Crippen LogP contribution in [0.2, 0.25) is 0 Å². The normalized spacial score (nSPS) is 11.2. The third-order valence-electron chi connectivity index (χ3n) is 5.86. The third kappa shape index (κ3) is 5.83. The first-order valence-electron chi connectivity index (χ1n) is 11.7. The Labute approximate surface area is 204 Å². The van der Waals surface area contributed by atoms with Gasteiger partial charge in [-0.1, -0.05) is 91.7 Å². The van der Waals surface area contributed by atoms with Gasteiger partial charge in [-0.25, -0.2) is 13.2 Å². The summed E-state index contributed by atoms with van der Waals surface area (Å²) < 4.78 is 49.6. The number of rotatable bonds is 8. The Morgan fingerprint density at radius 2 is 1.37 bits per heavy atom. The number of unbranched alkanes of at least 4 members (excludes halogenated alkanes) is 1. The number of halogens is 3. The monoisotopic (exact) mass is 472 g/mol. The molecule has 0 N–H and O–H groups in total. The molecule has 0 radical (unpaired) electrons. The lowest BCUT2D eigenvalue weighted by Gasteiger charge is -2.09. The van der Waals surface area contributed by atoms with E-state index in [-0.39, 0.29) is 16.9 Å². The minimum Gasteiger partial charge on any atom is -0.493 e. The number of ether oxygens (including phenoxy) is 1. The third-order valence-corrected chi connectivity index (χ3v) is 5.86. The van der Waals surface area contributed by atoms with Crippen LogP contribution in [0.5, 0.6) is 5.75 Å². The summed E-state index contributed by atoms with van der Waals surface area (Å²) >= 11 is 0. The van der Waals surface area contributed by atoms with E-state index >= 15 is 0 Å². The van der Waals surface area contributed by atoms with Crippen molar-refractivity contribution in [3.8, 4) is 28.0 Å². The van der Waals surface area contributed by atoms with Crippen LogP contribution < -0.4 is 4.74 Å². The molecule has 0 atom stereocenters. The first-order chi connectivity index (χ1) is 17.0. The highest BCUT2D eigenvalue weighted by molar-refractivity contribution is 5.74. The molecule has 0 saturated carbocycles. The molecule has 0 unspecified atom stereocenters. The molecule has 0 amide bonds. The lowest BCUT2D eigenvalue weighted by molar-refractivity contribution is 0.308. The van der Waals surface area contributed by atoms with E-state index in [1.54, 1.807) is 54.6 Å². The Morgan fingerprint density at radius 3 is 2.06 bits per heavy atom. The van der Waals surface area contributed by atoms with Crippen LogP contribution in [0, 0.1) is 24.4 Å². The standard InChI is InChI=1S/C31H27F3O/c1-3-4-19-35-26-16-18-27(29(32)20-26)23-12-7-22(8-13-23)9-14-25-15-17-28(31(34)30(25)33)24-10-5-21(2)6-11-24/h5-18,20H,3-4,19H2,1-2H3/b14-9+. The second-order valence-electron chi connectivity index (χ2n) is 8.50. The van der Waals surface area contributed by atoms with Gasteiger partial charge in [0, 0.05) is 22.8 Å². The van der Waals surface area contributed by atoms with Crippen LogP contribution in [0.25, 0.3) is 34.4 Å². The van der Waals surface area contributed by atoms with Gasteiger partial charge in [0.2, 0.25) is 0 Å². The fourth-order valence-corrected chi connectivity index (χ4v) is 3.76. The summed E-state index contributed by atoms with van der Waals surface area (Å²) in [4.78, 5) is 0. The summed E-state index contributed by atoms with van der Waals surface area (Å²) in [7, 11) is 0. The molecule has 0 fully saturated rings. The smallest absolute Gasteiger partial charge is 0.167 e. The fourth-order valence-electron chi connectivity index (χ4n) is 3.76. The average Bonchev–Trinajstić information content (AvgIpc) is 2.86. The molecule has 4 rings (SSSR count). The quantitative estimate of drug-likeness (QED) is 0.184. The van der Waals surface area contributed by atoms with Crippen molar-refractivity contribution in [3.05, 3.63) is 113 Å². The van der Waals surface area contributed by atoms with Crippen LogP contribution in [-0.4, -0.2) is 6.61 Å². The molecule has 0 heterocycles. The lowest BCUT2D eigenvalue weighted by Crippen LogP contribution is -1.97. The van der Waals surface area contributed by atoms with Gasteiger partial charge in [0.05, 0.1) is 6.61 Å². The van der Waals surface area contributed by atoms with Crippen LogP contribution in [0.1, 0.15) is 36.5 Å². The predicted octanol–water partition coefficient (Wildman–Crippen LogP) is 9.10. The van der Waals surface area contributed by atoms with Crippen molar-refractivity contribution in [1.29, 1.82) is 0 Å². The Hall–Kier alpha value is -3.79. The minimum atomic E-state index is -0.890. The van der Waals surface area contributed by atoms with Gasteiger partial charge in [0.25, 0.3) is 0 Å². The van der Waals surface area contributed by atoms with Crippen molar-refractivity contribution >= 4 is 12.2 Å². The van der Waals surface area contributed by atoms with Gasteiger partial charge < -0.3 is 4.74 Å². The van der Waals surface area contributed by atoms with Crippen molar-refractivity contribution in [2.75, 3.05) is 6.61 Å². The molecule has 0 saturated heterocycles. The molecule has 0 aliphatic heterocycles. The van der Waals surface area contributed by atoms with E-state index in [1.165, 1.54) is 12.1 Å². The topological polar surface area (TPSA) is 9.23 Å². The van der Waals surface area contributed by atoms with E-state index in [0.717, 1.165) is 29.5 Å². The van der Waals surface area contributed by atoms with E-state index in [2.05, 4.69) is 6.92 Å². The molecule has 0 spiro atoms. The van der Waals surface area contributed by atoms with Crippen LogP contribution in [0.4, 0.5) is 13.2 Å². The Bertz CT molecular complexity index is 1320. The average molecular weight is 473 g/mol. The Morgan fingerprint density at radius 1 is 0.714 bits per heavy atom. The highest BCUT2D eigenvalue weighted by Gasteiger charge is 2.13. The second-order valence-corrected chi connectivity index (χ2v) is 8.50. The summed E-state index contributed by atoms with van der Waals surface area (Å²) in [5.74, 6) is -1.60. The maximum atomic E-state index is 14.7. The largest absolute Gasteiger partial charge is 0.493 e. The molecule has 4 heteroatoms. The number of hydrogen-bond acceptors (Lipinski definition) is 1. The SMILES string of the molecule is CCCCOc1ccc(-c2ccc(/C=C/c3ccc(-c4ccc(C)cc4)c(F)c3F)cc2)c(F)c1. The molecule has 1 nitrogen and oxygen atoms in total. The lowest BCUT2D eigenvalue weighted by atomic mass is 10.0. The van der Waals surface area contributed by atoms with Crippen molar-refractivity contribution in [2.45, 2.75) is 26.7 Å². The Balaban J connectivity index is 1.49. The van der Waals surface area contributed by atoms with E-state index in [1.807, 2.05) is 31.2 Å². The van der Waals surface area contributed by atoms with Gasteiger partial charge in [-0.15, -0.1) is 0 Å². The maximum absolute atomic E-state index is 14.7. The first kappa shape index (κ1) is 24.3. The van der Waals surface area contributed by atoms with E-state index in [4.69, 9.17) is 4.74 Å². The van der Waals surface area contributed by atoms with Gasteiger partial charge in [-0.2, -0.15) is 0 Å². The van der Waals surface area contributed by atoms with Crippen LogP contribution in [0.3, 0.4) is 0 Å². The number of aryl methyl sites for hydroxylation is 1. The summed E-state index contributed by atoms with van der Waals surface area (Å²) in [6.07, 6.45) is 5.18. The zero-order valence-corrected chi connectivity index (χ0v) is 19.8. The fraction of sp³-hybridized carbons (Fsp3) is 0.161.